The predicted molar refractivity (Wildman–Crippen MR) is 118 cm³/mol. The first-order valence-electron chi connectivity index (χ1n) is 9.41. The summed E-state index contributed by atoms with van der Waals surface area (Å²) in [6.45, 7) is 0.792. The number of nitrogens with one attached hydrogen (secondary N) is 3. The summed E-state index contributed by atoms with van der Waals surface area (Å²) in [6.07, 6.45) is 3.08. The van der Waals surface area contributed by atoms with Crippen LogP contribution in [0.1, 0.15) is 12.8 Å². The minimum atomic E-state index is 0.189. The molecule has 0 unspecified atom stereocenters. The Morgan fingerprint density at radius 3 is 2.41 bits per heavy atom. The Labute approximate surface area is 174 Å². The molecule has 1 saturated heterocycles. The number of anilines is 5. The molecule has 1 fully saturated rings. The zero-order valence-electron chi connectivity index (χ0n) is 16.1. The van der Waals surface area contributed by atoms with Crippen LogP contribution in [0.3, 0.4) is 0 Å². The highest BCUT2D eigenvalue weighted by Gasteiger charge is 2.21. The van der Waals surface area contributed by atoms with Gasteiger partial charge >= 0.3 is 0 Å². The van der Waals surface area contributed by atoms with Gasteiger partial charge in [-0.25, -0.2) is 9.97 Å². The van der Waals surface area contributed by atoms with Gasteiger partial charge in [-0.1, -0.05) is 6.07 Å². The van der Waals surface area contributed by atoms with E-state index in [0.717, 1.165) is 34.9 Å². The third-order valence-electron chi connectivity index (χ3n) is 4.52. The number of carbonyl (C=O) groups excluding carboxylic acids is 1. The molecule has 0 radical (unpaired) electrons. The van der Waals surface area contributed by atoms with E-state index in [2.05, 4.69) is 31.4 Å². The standard InChI is InChI=1S/C21H22N6OS/c1-22-29-18-5-2-4-16(12-18)26-20-13-19(23-14-24-20)25-15-7-9-17(10-8-15)27-11-3-6-21(27)28/h2,4-5,7-10,12-14,22H,3,6,11H2,1H3,(H2,23,24,25,26). The Kier molecular flexibility index (Phi) is 5.92. The van der Waals surface area contributed by atoms with Crippen molar-refractivity contribution < 1.29 is 4.79 Å². The smallest absolute Gasteiger partial charge is 0.227 e. The second-order valence-corrected chi connectivity index (χ2v) is 7.65. The van der Waals surface area contributed by atoms with E-state index < -0.39 is 0 Å². The Morgan fingerprint density at radius 2 is 1.72 bits per heavy atom. The Hall–Kier alpha value is -3.10. The molecule has 29 heavy (non-hydrogen) atoms. The summed E-state index contributed by atoms with van der Waals surface area (Å²) in [6, 6.07) is 17.8. The fraction of sp³-hybridized carbons (Fsp3) is 0.190. The molecule has 0 aliphatic carbocycles. The molecule has 148 valence electrons. The fourth-order valence-corrected chi connectivity index (χ4v) is 3.76. The average molecular weight is 407 g/mol. The first-order valence-corrected chi connectivity index (χ1v) is 10.2. The van der Waals surface area contributed by atoms with Gasteiger partial charge in [-0.3, -0.25) is 9.52 Å². The number of hydrogen-bond acceptors (Lipinski definition) is 7. The molecule has 1 aliphatic rings. The minimum absolute atomic E-state index is 0.189. The van der Waals surface area contributed by atoms with E-state index in [1.54, 1.807) is 11.9 Å². The molecule has 0 saturated carbocycles. The van der Waals surface area contributed by atoms with Gasteiger partial charge < -0.3 is 15.5 Å². The highest BCUT2D eigenvalue weighted by molar-refractivity contribution is 7.97. The van der Waals surface area contributed by atoms with Gasteiger partial charge in [-0.15, -0.1) is 0 Å². The van der Waals surface area contributed by atoms with Crippen LogP contribution in [0.15, 0.2) is 65.8 Å². The molecule has 3 aromatic rings. The third kappa shape index (κ3) is 4.85. The quantitative estimate of drug-likeness (QED) is 0.504. The molecular weight excluding hydrogens is 384 g/mol. The lowest BCUT2D eigenvalue weighted by Gasteiger charge is -2.16. The van der Waals surface area contributed by atoms with Crippen molar-refractivity contribution in [2.45, 2.75) is 17.7 Å². The van der Waals surface area contributed by atoms with Crippen molar-refractivity contribution in [3.8, 4) is 0 Å². The largest absolute Gasteiger partial charge is 0.340 e. The first-order chi connectivity index (χ1) is 14.2. The van der Waals surface area contributed by atoms with Crippen LogP contribution in [0.4, 0.5) is 28.7 Å². The number of aromatic nitrogens is 2. The second kappa shape index (κ2) is 8.93. The SMILES string of the molecule is CNSc1cccc(Nc2cc(Nc3ccc(N4CCCC4=O)cc3)ncn2)c1. The van der Waals surface area contributed by atoms with Gasteiger partial charge in [0, 0.05) is 41.0 Å². The van der Waals surface area contributed by atoms with Crippen LogP contribution in [-0.4, -0.2) is 29.5 Å². The van der Waals surface area contributed by atoms with E-state index in [4.69, 9.17) is 0 Å². The predicted octanol–water partition coefficient (Wildman–Crippen LogP) is 4.32. The van der Waals surface area contributed by atoms with Gasteiger partial charge in [0.05, 0.1) is 0 Å². The van der Waals surface area contributed by atoms with Crippen molar-refractivity contribution in [2.75, 3.05) is 29.1 Å². The number of nitrogens with zero attached hydrogens (tertiary/aromatic N) is 3. The zero-order chi connectivity index (χ0) is 20.1. The molecule has 8 heteroatoms. The van der Waals surface area contributed by atoms with Crippen molar-refractivity contribution in [1.29, 1.82) is 0 Å². The lowest BCUT2D eigenvalue weighted by atomic mass is 10.2. The number of benzene rings is 2. The van der Waals surface area contributed by atoms with Crippen LogP contribution in [0.5, 0.6) is 0 Å². The van der Waals surface area contributed by atoms with Crippen LogP contribution in [0.25, 0.3) is 0 Å². The number of carbonyl (C=O) groups is 1. The van der Waals surface area contributed by atoms with E-state index >= 15 is 0 Å². The summed E-state index contributed by atoms with van der Waals surface area (Å²) in [5.74, 6) is 1.58. The van der Waals surface area contributed by atoms with Crippen molar-refractivity contribution in [2.24, 2.45) is 0 Å². The van der Waals surface area contributed by atoms with Gasteiger partial charge in [0.1, 0.15) is 18.0 Å². The maximum atomic E-state index is 11.9. The molecule has 1 aromatic heterocycles. The van der Waals surface area contributed by atoms with Crippen LogP contribution in [-0.2, 0) is 4.79 Å². The van der Waals surface area contributed by atoms with E-state index in [9.17, 15) is 4.79 Å². The van der Waals surface area contributed by atoms with Gasteiger partial charge in [0.2, 0.25) is 5.91 Å². The molecule has 1 aliphatic heterocycles. The number of hydrogen-bond donors (Lipinski definition) is 3. The van der Waals surface area contributed by atoms with Crippen molar-refractivity contribution in [3.05, 3.63) is 60.9 Å². The van der Waals surface area contributed by atoms with Gasteiger partial charge in [-0.2, -0.15) is 0 Å². The summed E-state index contributed by atoms with van der Waals surface area (Å²) in [5, 5.41) is 6.59. The normalized spacial score (nSPS) is 13.6. The molecular formula is C21H22N6OS. The van der Waals surface area contributed by atoms with E-state index in [1.807, 2.05) is 60.5 Å². The Balaban J connectivity index is 1.43. The molecule has 2 heterocycles. The zero-order valence-corrected chi connectivity index (χ0v) is 16.9. The molecule has 2 aromatic carbocycles. The van der Waals surface area contributed by atoms with Gasteiger partial charge in [0.15, 0.2) is 0 Å². The molecule has 4 rings (SSSR count). The topological polar surface area (TPSA) is 82.2 Å². The van der Waals surface area contributed by atoms with Crippen LogP contribution in [0.2, 0.25) is 0 Å². The summed E-state index contributed by atoms with van der Waals surface area (Å²) in [5.41, 5.74) is 2.79. The van der Waals surface area contributed by atoms with Crippen molar-refractivity contribution >= 4 is 46.6 Å². The Morgan fingerprint density at radius 1 is 0.966 bits per heavy atom. The van der Waals surface area contributed by atoms with Crippen LogP contribution >= 0.6 is 11.9 Å². The van der Waals surface area contributed by atoms with E-state index in [-0.39, 0.29) is 5.91 Å². The number of rotatable bonds is 7. The van der Waals surface area contributed by atoms with Gasteiger partial charge in [-0.05, 0) is 67.9 Å². The number of amides is 1. The summed E-state index contributed by atoms with van der Waals surface area (Å²) in [7, 11) is 1.89. The summed E-state index contributed by atoms with van der Waals surface area (Å²) >= 11 is 1.56. The molecule has 0 atom stereocenters. The second-order valence-electron chi connectivity index (χ2n) is 6.57. The molecule has 7 nitrogen and oxygen atoms in total. The van der Waals surface area contributed by atoms with Crippen molar-refractivity contribution in [3.63, 3.8) is 0 Å². The van der Waals surface area contributed by atoms with E-state index in [1.165, 1.54) is 6.33 Å². The highest BCUT2D eigenvalue weighted by Crippen LogP contribution is 2.25. The fourth-order valence-electron chi connectivity index (χ4n) is 3.19. The third-order valence-corrected chi connectivity index (χ3v) is 5.21. The maximum Gasteiger partial charge on any atom is 0.227 e. The molecule has 0 spiro atoms. The average Bonchev–Trinajstić information content (AvgIpc) is 3.15. The van der Waals surface area contributed by atoms with Gasteiger partial charge in [0.25, 0.3) is 0 Å². The lowest BCUT2D eigenvalue weighted by Crippen LogP contribution is -2.23. The van der Waals surface area contributed by atoms with E-state index in [0.29, 0.717) is 18.1 Å². The van der Waals surface area contributed by atoms with Crippen LogP contribution < -0.4 is 20.3 Å². The molecule has 1 amide bonds. The Bertz CT molecular complexity index is 994. The minimum Gasteiger partial charge on any atom is -0.340 e. The highest BCUT2D eigenvalue weighted by atomic mass is 32.2. The molecule has 3 N–H and O–H groups in total. The van der Waals surface area contributed by atoms with Crippen LogP contribution in [0, 0.1) is 0 Å². The lowest BCUT2D eigenvalue weighted by molar-refractivity contribution is -0.117. The summed E-state index contributed by atoms with van der Waals surface area (Å²) < 4.78 is 3.07. The maximum absolute atomic E-state index is 11.9. The monoisotopic (exact) mass is 406 g/mol. The first kappa shape index (κ1) is 19.2. The summed E-state index contributed by atoms with van der Waals surface area (Å²) in [4.78, 5) is 23.4. The van der Waals surface area contributed by atoms with Crippen molar-refractivity contribution in [1.82, 2.24) is 14.7 Å². The molecule has 0 bridgehead atoms.